The zero-order chi connectivity index (χ0) is 31.9. The molecule has 0 unspecified atom stereocenters. The fraction of sp³-hybridized carbons (Fsp3) is 0.355. The van der Waals surface area contributed by atoms with Crippen LogP contribution in [0.15, 0.2) is 53.6 Å². The summed E-state index contributed by atoms with van der Waals surface area (Å²) in [7, 11) is 0. The zero-order valence-electron chi connectivity index (χ0n) is 25.1. The average Bonchev–Trinajstić information content (AvgIpc) is 3.72. The number of nitrogens with zero attached hydrogens (tertiary/aromatic N) is 5. The summed E-state index contributed by atoms with van der Waals surface area (Å²) in [6.45, 7) is 5.85. The van der Waals surface area contributed by atoms with E-state index in [2.05, 4.69) is 35.9 Å². The van der Waals surface area contributed by atoms with Gasteiger partial charge in [-0.25, -0.2) is 19.9 Å². The highest BCUT2D eigenvalue weighted by molar-refractivity contribution is 7.10. The molecule has 1 aliphatic heterocycles. The van der Waals surface area contributed by atoms with Crippen LogP contribution in [0.5, 0.6) is 0 Å². The molecule has 0 spiro atoms. The van der Waals surface area contributed by atoms with Gasteiger partial charge in [-0.2, -0.15) is 0 Å². The molecule has 5 rings (SSSR count). The van der Waals surface area contributed by atoms with E-state index in [-0.39, 0.29) is 48.8 Å². The number of thiazole rings is 2. The first-order valence-corrected chi connectivity index (χ1v) is 16.3. The summed E-state index contributed by atoms with van der Waals surface area (Å²) in [4.78, 5) is 72.1. The molecule has 4 heterocycles. The molecular formula is C31H34N8O4S2. The Balaban J connectivity index is 1.48. The fourth-order valence-corrected chi connectivity index (χ4v) is 6.74. The standard InChI is InChI=1S/C31H34N8O4S2/c1-18(2)26-30-37-23(15-45-30)27(41)33-10-7-11-39(31(43)21-13-32-17-34-19(21)3)14-25(40)35-22(12-20-8-5-4-6-9-20)29-36-24(16-44-29)28(42)38-26/h4-6,8-9,13,15-18,22,26H,7,10-12,14H2,1-3H3,(H,33,41)(H,35,40)(H,38,42)/t22-,26-/m0/s1. The van der Waals surface area contributed by atoms with Gasteiger partial charge in [-0.1, -0.05) is 44.2 Å². The van der Waals surface area contributed by atoms with Gasteiger partial charge >= 0.3 is 0 Å². The van der Waals surface area contributed by atoms with E-state index >= 15 is 0 Å². The maximum atomic E-state index is 13.6. The molecule has 14 heteroatoms. The van der Waals surface area contributed by atoms with Crippen molar-refractivity contribution in [1.82, 2.24) is 40.8 Å². The van der Waals surface area contributed by atoms with E-state index in [9.17, 15) is 19.2 Å². The van der Waals surface area contributed by atoms with E-state index in [1.165, 1.54) is 40.1 Å². The first-order chi connectivity index (χ1) is 21.7. The van der Waals surface area contributed by atoms with Crippen LogP contribution in [0.25, 0.3) is 0 Å². The lowest BCUT2D eigenvalue weighted by atomic mass is 10.0. The average molecular weight is 647 g/mol. The molecule has 0 saturated carbocycles. The number of nitrogens with one attached hydrogen (secondary N) is 3. The van der Waals surface area contributed by atoms with Crippen LogP contribution >= 0.6 is 22.7 Å². The third-order valence-electron chi connectivity index (χ3n) is 7.30. The van der Waals surface area contributed by atoms with Crippen LogP contribution in [-0.2, 0) is 11.2 Å². The van der Waals surface area contributed by atoms with Gasteiger partial charge in [-0.15, -0.1) is 22.7 Å². The van der Waals surface area contributed by atoms with Crippen LogP contribution in [0.4, 0.5) is 0 Å². The van der Waals surface area contributed by atoms with Crippen molar-refractivity contribution in [2.24, 2.45) is 5.92 Å². The molecule has 234 valence electrons. The third-order valence-corrected chi connectivity index (χ3v) is 9.18. The summed E-state index contributed by atoms with van der Waals surface area (Å²) >= 11 is 2.59. The van der Waals surface area contributed by atoms with Gasteiger partial charge in [-0.05, 0) is 31.2 Å². The summed E-state index contributed by atoms with van der Waals surface area (Å²) < 4.78 is 0. The van der Waals surface area contributed by atoms with Crippen LogP contribution in [0, 0.1) is 12.8 Å². The van der Waals surface area contributed by atoms with E-state index in [4.69, 9.17) is 0 Å². The molecule has 3 N–H and O–H groups in total. The van der Waals surface area contributed by atoms with E-state index in [1.807, 2.05) is 44.2 Å². The first-order valence-electron chi connectivity index (χ1n) is 14.6. The third kappa shape index (κ3) is 7.94. The Morgan fingerprint density at radius 1 is 1.00 bits per heavy atom. The van der Waals surface area contributed by atoms with E-state index in [0.717, 1.165) is 5.56 Å². The second kappa shape index (κ2) is 14.5. The second-order valence-electron chi connectivity index (χ2n) is 11.0. The molecule has 0 fully saturated rings. The molecular weight excluding hydrogens is 613 g/mol. The number of aryl methyl sites for hydroxylation is 1. The predicted molar refractivity (Wildman–Crippen MR) is 170 cm³/mol. The smallest absolute Gasteiger partial charge is 0.271 e. The normalized spacial score (nSPS) is 18.3. The Hall–Kier alpha value is -4.56. The number of hydrogen-bond donors (Lipinski definition) is 3. The van der Waals surface area contributed by atoms with E-state index in [1.54, 1.807) is 17.7 Å². The summed E-state index contributed by atoms with van der Waals surface area (Å²) in [5, 5.41) is 13.4. The van der Waals surface area contributed by atoms with Crippen molar-refractivity contribution >= 4 is 46.3 Å². The van der Waals surface area contributed by atoms with E-state index < -0.39 is 23.9 Å². The molecule has 4 bridgehead atoms. The molecule has 4 aromatic rings. The van der Waals surface area contributed by atoms with Crippen LogP contribution in [0.2, 0.25) is 0 Å². The Labute approximate surface area is 268 Å². The van der Waals surface area contributed by atoms with Gasteiger partial charge in [0.15, 0.2) is 0 Å². The summed E-state index contributed by atoms with van der Waals surface area (Å²) in [5.74, 6) is -1.53. The van der Waals surface area contributed by atoms with Gasteiger partial charge in [0.25, 0.3) is 17.7 Å². The van der Waals surface area contributed by atoms with Crippen molar-refractivity contribution < 1.29 is 19.2 Å². The van der Waals surface area contributed by atoms with Crippen molar-refractivity contribution in [3.05, 3.63) is 91.8 Å². The molecule has 0 saturated heterocycles. The minimum atomic E-state index is -0.547. The predicted octanol–water partition coefficient (Wildman–Crippen LogP) is 3.50. The minimum Gasteiger partial charge on any atom is -0.351 e. The van der Waals surface area contributed by atoms with Crippen molar-refractivity contribution in [2.45, 2.75) is 45.7 Å². The van der Waals surface area contributed by atoms with Gasteiger partial charge in [0.2, 0.25) is 5.91 Å². The number of hydrogen-bond acceptors (Lipinski definition) is 10. The Morgan fingerprint density at radius 3 is 2.44 bits per heavy atom. The van der Waals surface area contributed by atoms with E-state index in [0.29, 0.717) is 34.1 Å². The molecule has 4 amide bonds. The van der Waals surface area contributed by atoms with Crippen molar-refractivity contribution in [1.29, 1.82) is 0 Å². The molecule has 2 atom stereocenters. The van der Waals surface area contributed by atoms with Crippen molar-refractivity contribution in [2.75, 3.05) is 19.6 Å². The van der Waals surface area contributed by atoms with Crippen LogP contribution in [0.3, 0.4) is 0 Å². The highest BCUT2D eigenvalue weighted by Gasteiger charge is 2.28. The number of benzene rings is 1. The first kappa shape index (κ1) is 31.9. The maximum absolute atomic E-state index is 13.6. The zero-order valence-corrected chi connectivity index (χ0v) is 26.8. The van der Waals surface area contributed by atoms with Crippen LogP contribution in [-0.4, -0.2) is 68.1 Å². The second-order valence-corrected chi connectivity index (χ2v) is 12.8. The number of carbonyl (C=O) groups excluding carboxylic acids is 4. The highest BCUT2D eigenvalue weighted by Crippen LogP contribution is 2.27. The van der Waals surface area contributed by atoms with Gasteiger partial charge in [0.05, 0.1) is 29.9 Å². The number of amides is 4. The molecule has 1 aliphatic rings. The molecule has 12 nitrogen and oxygen atoms in total. The SMILES string of the molecule is Cc1ncncc1C(=O)N1CCCNC(=O)c2csc(n2)[C@H](C(C)C)NC(=O)c2csc(n2)[C@H](Cc2ccccc2)NC(=O)C1. The number of rotatable bonds is 4. The fourth-order valence-electron chi connectivity index (χ4n) is 4.86. The summed E-state index contributed by atoms with van der Waals surface area (Å²) in [6.07, 6.45) is 3.62. The quantitative estimate of drug-likeness (QED) is 0.304. The lowest BCUT2D eigenvalue weighted by Crippen LogP contribution is -2.43. The molecule has 0 radical (unpaired) electrons. The van der Waals surface area contributed by atoms with Crippen molar-refractivity contribution in [3.8, 4) is 0 Å². The Morgan fingerprint density at radius 2 is 1.71 bits per heavy atom. The number of carbonyl (C=O) groups is 4. The molecule has 1 aromatic carbocycles. The number of aromatic nitrogens is 4. The minimum absolute atomic E-state index is 0.00415. The topological polar surface area (TPSA) is 159 Å². The Kier molecular flexibility index (Phi) is 10.2. The summed E-state index contributed by atoms with van der Waals surface area (Å²) in [6, 6.07) is 8.69. The highest BCUT2D eigenvalue weighted by atomic mass is 32.1. The lowest BCUT2D eigenvalue weighted by Gasteiger charge is -2.24. The number of fused-ring (bicyclic) bond motifs is 4. The molecule has 0 aliphatic carbocycles. The van der Waals surface area contributed by atoms with Gasteiger partial charge in [0.1, 0.15) is 27.7 Å². The largest absolute Gasteiger partial charge is 0.351 e. The maximum Gasteiger partial charge on any atom is 0.271 e. The molecule has 3 aromatic heterocycles. The van der Waals surface area contributed by atoms with Gasteiger partial charge < -0.3 is 20.9 Å². The van der Waals surface area contributed by atoms with Gasteiger partial charge in [0, 0.05) is 30.0 Å². The molecule has 45 heavy (non-hydrogen) atoms. The van der Waals surface area contributed by atoms with Crippen molar-refractivity contribution in [3.63, 3.8) is 0 Å². The Bertz CT molecular complexity index is 1670. The monoisotopic (exact) mass is 646 g/mol. The lowest BCUT2D eigenvalue weighted by molar-refractivity contribution is -0.122. The van der Waals surface area contributed by atoms with Crippen LogP contribution in [0.1, 0.15) is 85.0 Å². The van der Waals surface area contributed by atoms with Gasteiger partial charge in [-0.3, -0.25) is 19.2 Å². The summed E-state index contributed by atoms with van der Waals surface area (Å²) in [5.41, 5.74) is 2.23. The van der Waals surface area contributed by atoms with Crippen LogP contribution < -0.4 is 16.0 Å².